The molecule has 0 saturated carbocycles. The van der Waals surface area contributed by atoms with Crippen molar-refractivity contribution >= 4 is 23.6 Å². The maximum Gasteiger partial charge on any atom is 0.252 e. The second kappa shape index (κ2) is 8.19. The molecule has 0 unspecified atom stereocenters. The lowest BCUT2D eigenvalue weighted by molar-refractivity contribution is -0.119. The number of benzene rings is 1. The fourth-order valence-electron chi connectivity index (χ4n) is 1.69. The van der Waals surface area contributed by atoms with Gasteiger partial charge in [0.1, 0.15) is 0 Å². The van der Waals surface area contributed by atoms with Crippen molar-refractivity contribution in [1.29, 1.82) is 0 Å². The van der Waals surface area contributed by atoms with Gasteiger partial charge in [-0.2, -0.15) is 0 Å². The Morgan fingerprint density at radius 3 is 2.50 bits per heavy atom. The summed E-state index contributed by atoms with van der Waals surface area (Å²) in [5.41, 5.74) is 5.97. The Labute approximate surface area is 136 Å². The van der Waals surface area contributed by atoms with Crippen LogP contribution in [0.1, 0.15) is 38.1 Å². The molecular weight excluding hydrogens is 298 g/mol. The third-order valence-electron chi connectivity index (χ3n) is 2.64. The van der Waals surface area contributed by atoms with E-state index in [1.165, 1.54) is 11.8 Å². The minimum absolute atomic E-state index is 0.0432. The number of thioether (sulfide) groups is 1. The van der Waals surface area contributed by atoms with Crippen molar-refractivity contribution in [3.8, 4) is 0 Å². The van der Waals surface area contributed by atoms with E-state index >= 15 is 0 Å². The van der Waals surface area contributed by atoms with Gasteiger partial charge in [-0.3, -0.25) is 9.59 Å². The molecule has 0 fully saturated rings. The zero-order valence-electron chi connectivity index (χ0n) is 13.6. The van der Waals surface area contributed by atoms with Gasteiger partial charge in [0, 0.05) is 23.0 Å². The zero-order valence-corrected chi connectivity index (χ0v) is 14.4. The molecule has 0 aliphatic heterocycles. The molecule has 0 atom stereocenters. The summed E-state index contributed by atoms with van der Waals surface area (Å²) in [6.07, 6.45) is 0. The van der Waals surface area contributed by atoms with Gasteiger partial charge in [-0.05, 0) is 39.8 Å². The molecule has 0 bridgehead atoms. The van der Waals surface area contributed by atoms with Crippen LogP contribution in [-0.2, 0) is 4.79 Å². The number of nitrogens with one attached hydrogen (secondary N) is 2. The molecule has 1 aromatic carbocycles. The van der Waals surface area contributed by atoms with Gasteiger partial charge in [0.2, 0.25) is 5.91 Å². The minimum Gasteiger partial charge on any atom is -0.353 e. The van der Waals surface area contributed by atoms with Crippen molar-refractivity contribution in [2.75, 3.05) is 12.3 Å². The van der Waals surface area contributed by atoms with Crippen LogP contribution in [0.5, 0.6) is 0 Å². The molecule has 122 valence electrons. The summed E-state index contributed by atoms with van der Waals surface area (Å²) in [5.74, 6) is 0.0643. The minimum atomic E-state index is -0.463. The van der Waals surface area contributed by atoms with Crippen molar-refractivity contribution in [3.05, 3.63) is 29.8 Å². The lowest BCUT2D eigenvalue weighted by Gasteiger charge is -2.19. The highest BCUT2D eigenvalue weighted by Gasteiger charge is 2.16. The van der Waals surface area contributed by atoms with E-state index in [0.717, 1.165) is 4.90 Å². The maximum atomic E-state index is 12.3. The predicted molar refractivity (Wildman–Crippen MR) is 91.0 cm³/mol. The van der Waals surface area contributed by atoms with Crippen LogP contribution in [0.15, 0.2) is 29.2 Å². The Balaban J connectivity index is 2.69. The first-order valence-corrected chi connectivity index (χ1v) is 8.26. The number of amides is 2. The molecule has 0 aliphatic rings. The van der Waals surface area contributed by atoms with E-state index in [-0.39, 0.29) is 23.6 Å². The first kappa shape index (κ1) is 18.5. The first-order valence-electron chi connectivity index (χ1n) is 7.27. The molecule has 0 radical (unpaired) electrons. The Bertz CT molecular complexity index is 524. The van der Waals surface area contributed by atoms with Gasteiger partial charge < -0.3 is 16.4 Å². The van der Waals surface area contributed by atoms with Crippen molar-refractivity contribution < 1.29 is 9.59 Å². The topological polar surface area (TPSA) is 84.2 Å². The molecule has 0 saturated heterocycles. The Morgan fingerprint density at radius 1 is 1.27 bits per heavy atom. The van der Waals surface area contributed by atoms with Crippen LogP contribution < -0.4 is 16.4 Å². The van der Waals surface area contributed by atoms with E-state index in [1.807, 2.05) is 39.8 Å². The molecule has 22 heavy (non-hydrogen) atoms. The van der Waals surface area contributed by atoms with Crippen LogP contribution in [0, 0.1) is 0 Å². The van der Waals surface area contributed by atoms with Crippen LogP contribution in [0.25, 0.3) is 0 Å². The number of rotatable bonds is 7. The molecule has 1 rings (SSSR count). The molecule has 5 nitrogen and oxygen atoms in total. The maximum absolute atomic E-state index is 12.3. The molecular formula is C16H25N3O2S. The van der Waals surface area contributed by atoms with E-state index in [1.54, 1.807) is 12.1 Å². The van der Waals surface area contributed by atoms with E-state index in [4.69, 9.17) is 5.73 Å². The fourth-order valence-corrected chi connectivity index (χ4v) is 2.55. The van der Waals surface area contributed by atoms with Gasteiger partial charge in [0.25, 0.3) is 5.91 Å². The van der Waals surface area contributed by atoms with Crippen molar-refractivity contribution in [3.63, 3.8) is 0 Å². The number of hydrogen-bond acceptors (Lipinski definition) is 4. The molecule has 1 aromatic rings. The number of hydrogen-bond donors (Lipinski definition) is 3. The quantitative estimate of drug-likeness (QED) is 0.668. The van der Waals surface area contributed by atoms with Crippen molar-refractivity contribution in [1.82, 2.24) is 10.6 Å². The largest absolute Gasteiger partial charge is 0.353 e. The van der Waals surface area contributed by atoms with Crippen LogP contribution in [0.2, 0.25) is 0 Å². The average Bonchev–Trinajstić information content (AvgIpc) is 2.41. The molecule has 6 heteroatoms. The Morgan fingerprint density at radius 2 is 1.91 bits per heavy atom. The molecule has 2 amide bonds. The lowest BCUT2D eigenvalue weighted by atomic mass is 10.1. The summed E-state index contributed by atoms with van der Waals surface area (Å²) >= 11 is 1.35. The fraction of sp³-hybridized carbons (Fsp3) is 0.500. The third-order valence-corrected chi connectivity index (χ3v) is 3.72. The molecule has 0 spiro atoms. The second-order valence-corrected chi connectivity index (χ2v) is 7.20. The smallest absolute Gasteiger partial charge is 0.252 e. The van der Waals surface area contributed by atoms with E-state index in [0.29, 0.717) is 12.1 Å². The van der Waals surface area contributed by atoms with Crippen LogP contribution in [-0.4, -0.2) is 35.7 Å². The van der Waals surface area contributed by atoms with Gasteiger partial charge in [0.05, 0.1) is 11.3 Å². The Kier molecular flexibility index (Phi) is 6.90. The highest BCUT2D eigenvalue weighted by molar-refractivity contribution is 8.00. The number of carbonyl (C=O) groups is 2. The predicted octanol–water partition coefficient (Wildman–Crippen LogP) is 1.77. The summed E-state index contributed by atoms with van der Waals surface area (Å²) in [6, 6.07) is 7.36. The molecule has 0 heterocycles. The van der Waals surface area contributed by atoms with Gasteiger partial charge in [-0.25, -0.2) is 0 Å². The Hall–Kier alpha value is -1.53. The third kappa shape index (κ3) is 6.95. The molecule has 0 aliphatic carbocycles. The first-order chi connectivity index (χ1) is 10.2. The highest BCUT2D eigenvalue weighted by Crippen LogP contribution is 2.22. The summed E-state index contributed by atoms with van der Waals surface area (Å²) in [7, 11) is 0. The molecule has 4 N–H and O–H groups in total. The van der Waals surface area contributed by atoms with Crippen LogP contribution >= 0.6 is 11.8 Å². The standard InChI is InChI=1S/C16H25N3O2S/c1-11(2)19-14(20)9-22-13-8-6-5-7-12(13)15(21)18-10-16(3,4)17/h5-8,11H,9-10,17H2,1-4H3,(H,18,21)(H,19,20). The highest BCUT2D eigenvalue weighted by atomic mass is 32.2. The lowest BCUT2D eigenvalue weighted by Crippen LogP contribution is -2.45. The normalized spacial score (nSPS) is 11.4. The SMILES string of the molecule is CC(C)NC(=O)CSc1ccccc1C(=O)NCC(C)(C)N. The number of nitrogens with two attached hydrogens (primary N) is 1. The van der Waals surface area contributed by atoms with Crippen LogP contribution in [0.3, 0.4) is 0 Å². The van der Waals surface area contributed by atoms with E-state index in [2.05, 4.69) is 10.6 Å². The molecule has 0 aromatic heterocycles. The van der Waals surface area contributed by atoms with Gasteiger partial charge in [-0.15, -0.1) is 11.8 Å². The van der Waals surface area contributed by atoms with Crippen LogP contribution in [0.4, 0.5) is 0 Å². The van der Waals surface area contributed by atoms with E-state index in [9.17, 15) is 9.59 Å². The van der Waals surface area contributed by atoms with Crippen molar-refractivity contribution in [2.24, 2.45) is 5.73 Å². The summed E-state index contributed by atoms with van der Waals surface area (Å²) in [4.78, 5) is 24.8. The van der Waals surface area contributed by atoms with Gasteiger partial charge in [-0.1, -0.05) is 12.1 Å². The monoisotopic (exact) mass is 323 g/mol. The van der Waals surface area contributed by atoms with Crippen molar-refractivity contribution in [2.45, 2.75) is 44.2 Å². The van der Waals surface area contributed by atoms with Gasteiger partial charge in [0.15, 0.2) is 0 Å². The summed E-state index contributed by atoms with van der Waals surface area (Å²) in [6.45, 7) is 7.92. The zero-order chi connectivity index (χ0) is 16.8. The number of carbonyl (C=O) groups excluding carboxylic acids is 2. The van der Waals surface area contributed by atoms with E-state index < -0.39 is 5.54 Å². The van der Waals surface area contributed by atoms with Gasteiger partial charge >= 0.3 is 0 Å². The summed E-state index contributed by atoms with van der Waals surface area (Å²) in [5, 5.41) is 5.65. The summed E-state index contributed by atoms with van der Waals surface area (Å²) < 4.78 is 0. The average molecular weight is 323 g/mol. The second-order valence-electron chi connectivity index (χ2n) is 6.18.